The predicted molar refractivity (Wildman–Crippen MR) is 149 cm³/mol. The van der Waals surface area contributed by atoms with Gasteiger partial charge >= 0.3 is 0 Å². The molecule has 0 spiro atoms. The first-order valence-corrected chi connectivity index (χ1v) is 13.0. The minimum atomic E-state index is -1.37. The molecule has 0 aliphatic carbocycles. The van der Waals surface area contributed by atoms with Gasteiger partial charge in [-0.2, -0.15) is 0 Å². The molecular formula is C29H31FN6O4. The van der Waals surface area contributed by atoms with E-state index in [0.717, 1.165) is 5.56 Å². The highest BCUT2D eigenvalue weighted by molar-refractivity contribution is 6.00. The van der Waals surface area contributed by atoms with Crippen molar-refractivity contribution in [3.8, 4) is 5.75 Å². The highest BCUT2D eigenvalue weighted by Crippen LogP contribution is 2.35. The number of halogens is 1. The van der Waals surface area contributed by atoms with Crippen LogP contribution in [0.3, 0.4) is 0 Å². The van der Waals surface area contributed by atoms with E-state index in [1.54, 1.807) is 67.6 Å². The molecular weight excluding hydrogens is 515 g/mol. The molecule has 3 aromatic carbocycles. The summed E-state index contributed by atoms with van der Waals surface area (Å²) in [4.78, 5) is 21.5. The number of aliphatic hydroxyl groups excluding tert-OH is 1. The van der Waals surface area contributed by atoms with Gasteiger partial charge in [0.2, 0.25) is 5.90 Å². The third-order valence-corrected chi connectivity index (χ3v) is 6.59. The Kier molecular flexibility index (Phi) is 9.69. The lowest BCUT2D eigenvalue weighted by atomic mass is 9.85. The average Bonchev–Trinajstić information content (AvgIpc) is 3.30. The van der Waals surface area contributed by atoms with Gasteiger partial charge in [0.25, 0.3) is 5.91 Å². The molecule has 3 aromatic rings. The summed E-state index contributed by atoms with van der Waals surface area (Å²) in [6, 6.07) is 20.3. The van der Waals surface area contributed by atoms with Gasteiger partial charge in [-0.3, -0.25) is 10.2 Å². The number of ether oxygens (including phenoxy) is 2. The summed E-state index contributed by atoms with van der Waals surface area (Å²) in [6.07, 6.45) is 0.574. The zero-order valence-electron chi connectivity index (χ0n) is 22.1. The summed E-state index contributed by atoms with van der Waals surface area (Å²) in [5, 5.41) is 12.7. The van der Waals surface area contributed by atoms with Crippen LogP contribution < -0.4 is 15.6 Å². The minimum absolute atomic E-state index is 0.0503. The van der Waals surface area contributed by atoms with Gasteiger partial charge in [0.1, 0.15) is 17.7 Å². The van der Waals surface area contributed by atoms with Crippen LogP contribution in [0, 0.1) is 5.82 Å². The van der Waals surface area contributed by atoms with Gasteiger partial charge in [-0.1, -0.05) is 41.5 Å². The average molecular weight is 547 g/mol. The Morgan fingerprint density at radius 3 is 2.65 bits per heavy atom. The zero-order chi connectivity index (χ0) is 28.4. The van der Waals surface area contributed by atoms with Gasteiger partial charge in [-0.05, 0) is 66.4 Å². The molecule has 4 rings (SSSR count). The Morgan fingerprint density at radius 1 is 1.18 bits per heavy atom. The number of aliphatic imine (C=N–C) groups is 1. The summed E-state index contributed by atoms with van der Waals surface area (Å²) in [5.74, 6) is 0.230. The molecule has 0 bridgehead atoms. The highest BCUT2D eigenvalue weighted by atomic mass is 19.1. The van der Waals surface area contributed by atoms with E-state index >= 15 is 0 Å². The van der Waals surface area contributed by atoms with E-state index < -0.39 is 17.6 Å². The number of amides is 1. The number of hydrazine groups is 1. The van der Waals surface area contributed by atoms with E-state index in [-0.39, 0.29) is 18.8 Å². The molecule has 1 aliphatic heterocycles. The van der Waals surface area contributed by atoms with E-state index in [1.807, 2.05) is 0 Å². The molecule has 1 heterocycles. The van der Waals surface area contributed by atoms with Crippen molar-refractivity contribution in [3.05, 3.63) is 106 Å². The summed E-state index contributed by atoms with van der Waals surface area (Å²) >= 11 is 0. The second-order valence-corrected chi connectivity index (χ2v) is 9.30. The van der Waals surface area contributed by atoms with Crippen LogP contribution in [0.4, 0.5) is 10.1 Å². The van der Waals surface area contributed by atoms with Gasteiger partial charge in [-0.15, -0.1) is 0 Å². The molecule has 0 fully saturated rings. The molecule has 10 nitrogen and oxygen atoms in total. The number of carbonyl (C=O) groups excluding carboxylic acids is 1. The summed E-state index contributed by atoms with van der Waals surface area (Å²) in [5.41, 5.74) is 16.0. The van der Waals surface area contributed by atoms with Gasteiger partial charge in [0, 0.05) is 42.2 Å². The normalized spacial score (nSPS) is 17.9. The van der Waals surface area contributed by atoms with Crippen LogP contribution in [0.2, 0.25) is 0 Å². The van der Waals surface area contributed by atoms with Gasteiger partial charge in [0.05, 0.1) is 6.61 Å². The molecule has 0 unspecified atom stereocenters. The summed E-state index contributed by atoms with van der Waals surface area (Å²) in [7, 11) is 0. The minimum Gasteiger partial charge on any atom is -0.494 e. The second kappa shape index (κ2) is 13.6. The Morgan fingerprint density at radius 2 is 1.93 bits per heavy atom. The monoisotopic (exact) mass is 546 g/mol. The number of azide groups is 1. The number of aliphatic hydroxyl groups is 1. The van der Waals surface area contributed by atoms with Crippen molar-refractivity contribution < 1.29 is 23.8 Å². The van der Waals surface area contributed by atoms with Crippen LogP contribution in [0.25, 0.3) is 10.4 Å². The number of nitrogens with zero attached hydrogens (tertiary/aromatic N) is 4. The molecule has 0 saturated carbocycles. The molecule has 3 N–H and O–H groups in total. The molecule has 0 radical (unpaired) electrons. The molecule has 2 atom stereocenters. The van der Waals surface area contributed by atoms with Crippen LogP contribution in [-0.2, 0) is 22.4 Å². The van der Waals surface area contributed by atoms with Crippen molar-refractivity contribution in [1.82, 2.24) is 10.9 Å². The zero-order valence-corrected chi connectivity index (χ0v) is 22.1. The first kappa shape index (κ1) is 28.6. The molecule has 208 valence electrons. The maximum absolute atomic E-state index is 13.7. The maximum Gasteiger partial charge on any atom is 0.266 e. The third kappa shape index (κ3) is 6.95. The molecule has 40 heavy (non-hydrogen) atoms. The topological polar surface area (TPSA) is 141 Å². The number of hydrogen-bond donors (Lipinski definition) is 3. The number of hydrogen-bond acceptors (Lipinski definition) is 7. The highest BCUT2D eigenvalue weighted by Gasteiger charge is 2.50. The Balaban J connectivity index is 1.56. The predicted octanol–water partition coefficient (Wildman–Crippen LogP) is 4.54. The fourth-order valence-electron chi connectivity index (χ4n) is 4.35. The van der Waals surface area contributed by atoms with Gasteiger partial charge < -0.3 is 14.6 Å². The van der Waals surface area contributed by atoms with E-state index in [0.29, 0.717) is 54.5 Å². The summed E-state index contributed by atoms with van der Waals surface area (Å²) < 4.78 is 24.9. The molecule has 11 heteroatoms. The number of benzene rings is 3. The third-order valence-electron chi connectivity index (χ3n) is 6.59. The maximum atomic E-state index is 13.7. The first-order chi connectivity index (χ1) is 19.4. The Bertz CT molecular complexity index is 1380. The van der Waals surface area contributed by atoms with Crippen molar-refractivity contribution >= 4 is 17.5 Å². The summed E-state index contributed by atoms with van der Waals surface area (Å²) in [6.45, 7) is 2.63. The fourth-order valence-corrected chi connectivity index (χ4v) is 4.35. The van der Waals surface area contributed by atoms with E-state index in [4.69, 9.17) is 25.1 Å². The standard InChI is InChI=1S/C29H31FN6O4/c1-20-29(19-23-5-2-3-6-26(23)34-36-31,28(38)35-32-16-15-21-7-11-24(30)12-8-21)33-27(40-20)22-9-13-25(14-10-22)39-18-4-17-37/h2-3,5-14,20,32,37H,4,15-19H2,1H3,(H,35,38)/t20-,29-/m0/s1. The van der Waals surface area contributed by atoms with Crippen molar-refractivity contribution in [2.75, 3.05) is 19.8 Å². The van der Waals surface area contributed by atoms with Crippen LogP contribution in [-0.4, -0.2) is 48.3 Å². The Hall–Kier alpha value is -4.44. The lowest BCUT2D eigenvalue weighted by molar-refractivity contribution is -0.129. The van der Waals surface area contributed by atoms with Crippen LogP contribution in [0.15, 0.2) is 82.9 Å². The second-order valence-electron chi connectivity index (χ2n) is 9.30. The lowest BCUT2D eigenvalue weighted by Crippen LogP contribution is -2.56. The molecule has 1 aliphatic rings. The quantitative estimate of drug-likeness (QED) is 0.0949. The number of nitrogens with one attached hydrogen (secondary N) is 2. The molecule has 1 amide bonds. The SMILES string of the molecule is C[C@@H]1OC(c2ccc(OCCCO)cc2)=N[C@]1(Cc1ccccc1N=[N+]=[N-])C(=O)NNCCc1ccc(F)cc1. The smallest absolute Gasteiger partial charge is 0.266 e. The van der Waals surface area contributed by atoms with Crippen LogP contribution in [0.1, 0.15) is 30.0 Å². The number of rotatable bonds is 13. The van der Waals surface area contributed by atoms with Gasteiger partial charge in [-0.25, -0.2) is 14.8 Å². The lowest BCUT2D eigenvalue weighted by Gasteiger charge is -2.28. The van der Waals surface area contributed by atoms with Crippen molar-refractivity contribution in [3.63, 3.8) is 0 Å². The van der Waals surface area contributed by atoms with E-state index in [1.165, 1.54) is 12.1 Å². The molecule has 0 saturated heterocycles. The van der Waals surface area contributed by atoms with Crippen molar-refractivity contribution in [2.24, 2.45) is 10.1 Å². The Labute approximate surface area is 231 Å². The largest absolute Gasteiger partial charge is 0.494 e. The van der Waals surface area contributed by atoms with Crippen molar-refractivity contribution in [1.29, 1.82) is 0 Å². The number of carbonyl (C=O) groups is 1. The van der Waals surface area contributed by atoms with Gasteiger partial charge in [0.15, 0.2) is 5.54 Å². The van der Waals surface area contributed by atoms with E-state index in [2.05, 4.69) is 20.9 Å². The molecule has 0 aromatic heterocycles. The van der Waals surface area contributed by atoms with E-state index in [9.17, 15) is 9.18 Å². The van der Waals surface area contributed by atoms with Crippen molar-refractivity contribution in [2.45, 2.75) is 37.8 Å². The fraction of sp³-hybridized carbons (Fsp3) is 0.310. The van der Waals surface area contributed by atoms with Crippen LogP contribution in [0.5, 0.6) is 5.75 Å². The van der Waals surface area contributed by atoms with Crippen LogP contribution >= 0.6 is 0 Å². The first-order valence-electron chi connectivity index (χ1n) is 13.0.